The summed E-state index contributed by atoms with van der Waals surface area (Å²) in [7, 11) is 1.53. The van der Waals surface area contributed by atoms with Gasteiger partial charge < -0.3 is 10.2 Å². The molecule has 0 aromatic heterocycles. The molecule has 0 radical (unpaired) electrons. The van der Waals surface area contributed by atoms with Gasteiger partial charge >= 0.3 is 0 Å². The van der Waals surface area contributed by atoms with Crippen LogP contribution in [0.4, 0.5) is 5.69 Å². The quantitative estimate of drug-likeness (QED) is 0.461. The van der Waals surface area contributed by atoms with Gasteiger partial charge in [0, 0.05) is 25.2 Å². The van der Waals surface area contributed by atoms with Crippen molar-refractivity contribution in [3.05, 3.63) is 37.4 Å². The molecule has 118 valence electrons. The highest BCUT2D eigenvalue weighted by atomic mass is 127. The molecule has 1 aliphatic rings. The first-order valence-corrected chi connectivity index (χ1v) is 7.89. The Labute approximate surface area is 141 Å². The summed E-state index contributed by atoms with van der Waals surface area (Å²) in [6, 6.07) is 3.85. The number of benzene rings is 1. The Kier molecular flexibility index (Phi) is 4.99. The van der Waals surface area contributed by atoms with Gasteiger partial charge in [0.15, 0.2) is 0 Å². The van der Waals surface area contributed by atoms with Crippen molar-refractivity contribution in [2.45, 2.75) is 19.4 Å². The number of rotatable bonds is 3. The summed E-state index contributed by atoms with van der Waals surface area (Å²) in [4.78, 5) is 36.5. The summed E-state index contributed by atoms with van der Waals surface area (Å²) < 4.78 is 0.469. The lowest BCUT2D eigenvalue weighted by atomic mass is 10.1. The molecule has 1 aromatic carbocycles. The zero-order chi connectivity index (χ0) is 16.4. The fourth-order valence-electron chi connectivity index (χ4n) is 2.64. The monoisotopic (exact) mass is 417 g/mol. The lowest BCUT2D eigenvalue weighted by molar-refractivity contribution is -0.385. The summed E-state index contributed by atoms with van der Waals surface area (Å²) in [5.74, 6) is -0.347. The lowest BCUT2D eigenvalue weighted by Crippen LogP contribution is -2.44. The molecule has 0 aliphatic carbocycles. The Balaban J connectivity index is 2.32. The number of nitrogens with one attached hydrogen (secondary N) is 1. The number of amides is 2. The highest BCUT2D eigenvalue weighted by Crippen LogP contribution is 2.27. The first kappa shape index (κ1) is 16.7. The van der Waals surface area contributed by atoms with E-state index in [-0.39, 0.29) is 29.0 Å². The summed E-state index contributed by atoms with van der Waals surface area (Å²) in [5.41, 5.74) is 0.130. The number of nitro groups is 1. The molecular weight excluding hydrogens is 401 g/mol. The Morgan fingerprint density at radius 2 is 2.14 bits per heavy atom. The Bertz CT molecular complexity index is 635. The molecule has 2 atom stereocenters. The third-order valence-electron chi connectivity index (χ3n) is 3.71. The van der Waals surface area contributed by atoms with E-state index < -0.39 is 11.0 Å². The summed E-state index contributed by atoms with van der Waals surface area (Å²) in [6.07, 6.45) is 0.595. The molecule has 1 aromatic rings. The highest BCUT2D eigenvalue weighted by molar-refractivity contribution is 14.1. The van der Waals surface area contributed by atoms with E-state index >= 15 is 0 Å². The average Bonchev–Trinajstić information content (AvgIpc) is 2.87. The molecule has 1 N–H and O–H groups in total. The van der Waals surface area contributed by atoms with Crippen molar-refractivity contribution in [2.75, 3.05) is 13.6 Å². The van der Waals surface area contributed by atoms with Crippen LogP contribution in [0.2, 0.25) is 0 Å². The Morgan fingerprint density at radius 1 is 1.45 bits per heavy atom. The maximum absolute atomic E-state index is 12.6. The molecule has 1 saturated heterocycles. The van der Waals surface area contributed by atoms with Gasteiger partial charge in [-0.05, 0) is 47.1 Å². The molecule has 0 spiro atoms. The maximum atomic E-state index is 12.6. The zero-order valence-electron chi connectivity index (χ0n) is 12.2. The van der Waals surface area contributed by atoms with Crippen molar-refractivity contribution in [3.63, 3.8) is 0 Å². The largest absolute Gasteiger partial charge is 0.357 e. The summed E-state index contributed by atoms with van der Waals surface area (Å²) in [6.45, 7) is 2.44. The fourth-order valence-corrected chi connectivity index (χ4v) is 3.17. The van der Waals surface area contributed by atoms with Crippen LogP contribution in [0.1, 0.15) is 23.7 Å². The van der Waals surface area contributed by atoms with Gasteiger partial charge in [0.1, 0.15) is 6.04 Å². The first-order valence-electron chi connectivity index (χ1n) is 6.81. The number of likely N-dealkylation sites (N-methyl/N-ethyl adjacent to an activating group) is 1. The third kappa shape index (κ3) is 3.21. The Morgan fingerprint density at radius 3 is 2.73 bits per heavy atom. The number of nitro benzene ring substituents is 1. The van der Waals surface area contributed by atoms with Crippen LogP contribution in [-0.4, -0.2) is 41.3 Å². The second-order valence-corrected chi connectivity index (χ2v) is 6.51. The predicted molar refractivity (Wildman–Crippen MR) is 88.5 cm³/mol. The minimum Gasteiger partial charge on any atom is -0.357 e. The SMILES string of the molecule is CNC(=O)C1C[C@H](C)CN1C(=O)c1ccc(I)c([N+](=O)[O-])c1. The smallest absolute Gasteiger partial charge is 0.283 e. The van der Waals surface area contributed by atoms with Crippen molar-refractivity contribution < 1.29 is 14.5 Å². The van der Waals surface area contributed by atoms with E-state index in [9.17, 15) is 19.7 Å². The molecule has 1 aliphatic heterocycles. The number of likely N-dealkylation sites (tertiary alicyclic amines) is 1. The van der Waals surface area contributed by atoms with Crippen molar-refractivity contribution in [1.29, 1.82) is 0 Å². The number of halogens is 1. The van der Waals surface area contributed by atoms with Gasteiger partial charge in [0.25, 0.3) is 11.6 Å². The van der Waals surface area contributed by atoms with Crippen LogP contribution in [0.5, 0.6) is 0 Å². The standard InChI is InChI=1S/C14H16IN3O4/c1-8-5-12(13(19)16-2)17(7-8)14(20)9-3-4-10(15)11(6-9)18(21)22/h3-4,6,8,12H,5,7H2,1-2H3,(H,16,19)/t8-,12?/m0/s1. The topological polar surface area (TPSA) is 92.6 Å². The zero-order valence-corrected chi connectivity index (χ0v) is 14.4. The summed E-state index contributed by atoms with van der Waals surface area (Å²) >= 11 is 1.86. The molecule has 22 heavy (non-hydrogen) atoms. The van der Waals surface area contributed by atoms with Crippen LogP contribution < -0.4 is 5.32 Å². The van der Waals surface area contributed by atoms with Gasteiger partial charge in [-0.3, -0.25) is 19.7 Å². The van der Waals surface area contributed by atoms with Gasteiger partial charge in [-0.1, -0.05) is 6.92 Å². The normalized spacial score (nSPS) is 20.8. The third-order valence-corrected chi connectivity index (χ3v) is 4.62. The molecule has 7 nitrogen and oxygen atoms in total. The van der Waals surface area contributed by atoms with Crippen LogP contribution in [-0.2, 0) is 4.79 Å². The van der Waals surface area contributed by atoms with Crippen LogP contribution in [0.15, 0.2) is 18.2 Å². The molecular formula is C14H16IN3O4. The lowest BCUT2D eigenvalue weighted by Gasteiger charge is -2.23. The van der Waals surface area contributed by atoms with Gasteiger partial charge in [0.05, 0.1) is 8.49 Å². The van der Waals surface area contributed by atoms with Gasteiger partial charge in [0.2, 0.25) is 5.91 Å². The van der Waals surface area contributed by atoms with Crippen molar-refractivity contribution in [1.82, 2.24) is 10.2 Å². The number of nitrogens with zero attached hydrogens (tertiary/aromatic N) is 2. The summed E-state index contributed by atoms with van der Waals surface area (Å²) in [5, 5.41) is 13.6. The van der Waals surface area contributed by atoms with Crippen molar-refractivity contribution >= 4 is 40.1 Å². The maximum Gasteiger partial charge on any atom is 0.283 e. The fraction of sp³-hybridized carbons (Fsp3) is 0.429. The molecule has 2 amide bonds. The van der Waals surface area contributed by atoms with Crippen molar-refractivity contribution in [3.8, 4) is 0 Å². The highest BCUT2D eigenvalue weighted by Gasteiger charge is 2.38. The number of carbonyl (C=O) groups excluding carboxylic acids is 2. The van der Waals surface area contributed by atoms with E-state index in [2.05, 4.69) is 5.32 Å². The molecule has 8 heteroatoms. The van der Waals surface area contributed by atoms with Crippen LogP contribution in [0.3, 0.4) is 0 Å². The van der Waals surface area contributed by atoms with E-state index in [0.717, 1.165) is 0 Å². The van der Waals surface area contributed by atoms with Gasteiger partial charge in [-0.15, -0.1) is 0 Å². The minimum atomic E-state index is -0.522. The van der Waals surface area contributed by atoms with Crippen LogP contribution >= 0.6 is 22.6 Å². The van der Waals surface area contributed by atoms with E-state index in [0.29, 0.717) is 16.5 Å². The molecule has 0 saturated carbocycles. The van der Waals surface area contributed by atoms with Crippen LogP contribution in [0, 0.1) is 19.6 Å². The number of hydrogen-bond acceptors (Lipinski definition) is 4. The first-order chi connectivity index (χ1) is 10.3. The molecule has 1 fully saturated rings. The second-order valence-electron chi connectivity index (χ2n) is 5.35. The van der Waals surface area contributed by atoms with E-state index in [4.69, 9.17) is 0 Å². The average molecular weight is 417 g/mol. The molecule has 1 heterocycles. The van der Waals surface area contributed by atoms with E-state index in [1.54, 1.807) is 12.1 Å². The minimum absolute atomic E-state index is 0.102. The Hall–Kier alpha value is -1.71. The predicted octanol–water partition coefficient (Wildman–Crippen LogP) is 1.80. The van der Waals surface area contributed by atoms with Crippen molar-refractivity contribution in [2.24, 2.45) is 5.92 Å². The molecule has 0 bridgehead atoms. The number of carbonyl (C=O) groups is 2. The number of hydrogen-bond donors (Lipinski definition) is 1. The van der Waals surface area contributed by atoms with Gasteiger partial charge in [-0.2, -0.15) is 0 Å². The molecule has 2 rings (SSSR count). The second kappa shape index (κ2) is 6.59. The van der Waals surface area contributed by atoms with E-state index in [1.165, 1.54) is 18.0 Å². The van der Waals surface area contributed by atoms with E-state index in [1.807, 2.05) is 29.5 Å². The van der Waals surface area contributed by atoms with Gasteiger partial charge in [-0.25, -0.2) is 0 Å². The van der Waals surface area contributed by atoms with Crippen LogP contribution in [0.25, 0.3) is 0 Å². The molecule has 1 unspecified atom stereocenters.